The molecule has 246 valence electrons. The molecule has 0 spiro atoms. The molecule has 4 rings (SSSR count). The number of halogens is 4. The van der Waals surface area contributed by atoms with Crippen LogP contribution < -0.4 is 10.6 Å². The number of nitrogens with zero attached hydrogens (tertiary/aromatic N) is 1. The van der Waals surface area contributed by atoms with E-state index in [0.29, 0.717) is 12.8 Å². The highest BCUT2D eigenvalue weighted by Gasteiger charge is 2.59. The lowest BCUT2D eigenvalue weighted by Crippen LogP contribution is -2.44. The van der Waals surface area contributed by atoms with E-state index in [0.717, 1.165) is 11.3 Å². The third kappa shape index (κ3) is 7.83. The van der Waals surface area contributed by atoms with Crippen molar-refractivity contribution < 1.29 is 23.4 Å². The normalized spacial score (nSPS) is 22.1. The van der Waals surface area contributed by atoms with Crippen LogP contribution in [0.1, 0.15) is 76.0 Å². The summed E-state index contributed by atoms with van der Waals surface area (Å²) in [5.41, 5.74) is -0.0159. The van der Waals surface area contributed by atoms with Gasteiger partial charge in [-0.3, -0.25) is 4.79 Å². The number of carbonyl (C=O) groups is 1. The summed E-state index contributed by atoms with van der Waals surface area (Å²) in [4.78, 5) is 11.8. The van der Waals surface area contributed by atoms with E-state index in [-0.39, 0.29) is 45.8 Å². The molecule has 3 aromatic carbocycles. The van der Waals surface area contributed by atoms with Gasteiger partial charge in [0.15, 0.2) is 0 Å². The number of carboxylic acids is 1. The number of nitrogens with one attached hydrogen (secondary N) is 2. The topological polar surface area (TPSA) is 94.4 Å². The third-order valence-electron chi connectivity index (χ3n) is 8.55. The van der Waals surface area contributed by atoms with Crippen LogP contribution in [0.4, 0.5) is 14.5 Å². The minimum atomic E-state index is -1.53. The Balaban J connectivity index is 1.63. The Morgan fingerprint density at radius 2 is 1.83 bits per heavy atom. The van der Waals surface area contributed by atoms with Gasteiger partial charge in [0.1, 0.15) is 23.8 Å². The Kier molecular flexibility index (Phi) is 11.4. The lowest BCUT2D eigenvalue weighted by atomic mass is 9.63. The number of carboxylic acid groups (broad SMARTS) is 1. The zero-order chi connectivity index (χ0) is 33.8. The van der Waals surface area contributed by atoms with Crippen molar-refractivity contribution in [3.63, 3.8) is 0 Å². The standard InChI is InChI=1S/C36H41Cl2F2N3O3/c1-21(2)15-26(34(44)45)22-9-12-24(13-10-22)42-20-46-18-30-32(25-7-6-8-28(38)33(25)40)36(19-41,31(43-30)17-35(3,4)5)27-14-11-23(37)16-29(27)39/h6-14,16,21,26,30-32,42-43H,15,17-18,20H2,1-5H3,(H,44,45)/t26?,30-,31-,32-,36-/m0/s1. The maximum Gasteiger partial charge on any atom is 0.310 e. The van der Waals surface area contributed by atoms with E-state index in [9.17, 15) is 15.2 Å². The average molecular weight is 673 g/mol. The van der Waals surface area contributed by atoms with Gasteiger partial charge in [0.05, 0.1) is 23.6 Å². The van der Waals surface area contributed by atoms with Crippen LogP contribution in [-0.4, -0.2) is 36.5 Å². The molecule has 0 amide bonds. The molecular weight excluding hydrogens is 631 g/mol. The van der Waals surface area contributed by atoms with Crippen LogP contribution in [0.25, 0.3) is 0 Å². The molecule has 0 aliphatic carbocycles. The number of nitriles is 1. The molecule has 3 aromatic rings. The van der Waals surface area contributed by atoms with Crippen molar-refractivity contribution in [2.24, 2.45) is 11.3 Å². The molecule has 1 aliphatic heterocycles. The molecule has 1 unspecified atom stereocenters. The summed E-state index contributed by atoms with van der Waals surface area (Å²) in [6.45, 7) is 10.2. The van der Waals surface area contributed by atoms with E-state index in [2.05, 4.69) is 16.7 Å². The first kappa shape index (κ1) is 35.6. The maximum atomic E-state index is 15.8. The molecule has 0 aromatic heterocycles. The summed E-state index contributed by atoms with van der Waals surface area (Å²) in [5.74, 6) is -3.39. The van der Waals surface area contributed by atoms with Gasteiger partial charge in [0, 0.05) is 34.3 Å². The van der Waals surface area contributed by atoms with Crippen LogP contribution in [0.2, 0.25) is 10.0 Å². The van der Waals surface area contributed by atoms with E-state index in [4.69, 9.17) is 27.9 Å². The number of aliphatic carboxylic acids is 1. The molecule has 0 bridgehead atoms. The van der Waals surface area contributed by atoms with Crippen molar-refractivity contribution in [2.75, 3.05) is 18.7 Å². The van der Waals surface area contributed by atoms with E-state index in [1.807, 2.05) is 34.6 Å². The van der Waals surface area contributed by atoms with Crippen molar-refractivity contribution in [1.82, 2.24) is 5.32 Å². The Morgan fingerprint density at radius 3 is 2.41 bits per heavy atom. The van der Waals surface area contributed by atoms with Crippen LogP contribution in [0.3, 0.4) is 0 Å². The molecule has 1 heterocycles. The fourth-order valence-electron chi connectivity index (χ4n) is 6.61. The second-order valence-electron chi connectivity index (χ2n) is 13.7. The second-order valence-corrected chi connectivity index (χ2v) is 14.5. The molecule has 0 saturated carbocycles. The maximum absolute atomic E-state index is 15.8. The van der Waals surface area contributed by atoms with E-state index in [1.165, 1.54) is 18.2 Å². The Morgan fingerprint density at radius 1 is 1.13 bits per heavy atom. The third-order valence-corrected chi connectivity index (χ3v) is 9.07. The second kappa shape index (κ2) is 14.7. The molecule has 3 N–H and O–H groups in total. The summed E-state index contributed by atoms with van der Waals surface area (Å²) >= 11 is 12.3. The summed E-state index contributed by atoms with van der Waals surface area (Å²) in [5, 5.41) is 27.4. The summed E-state index contributed by atoms with van der Waals surface area (Å²) < 4.78 is 37.6. The monoisotopic (exact) mass is 671 g/mol. The van der Waals surface area contributed by atoms with Crippen LogP contribution >= 0.6 is 23.2 Å². The fourth-order valence-corrected chi connectivity index (χ4v) is 6.95. The molecular formula is C36H41Cl2F2N3O3. The Bertz CT molecular complexity index is 1570. The van der Waals surface area contributed by atoms with Crippen LogP contribution in [0.15, 0.2) is 60.7 Å². The van der Waals surface area contributed by atoms with Crippen LogP contribution in [-0.2, 0) is 14.9 Å². The van der Waals surface area contributed by atoms with Gasteiger partial charge in [-0.25, -0.2) is 8.78 Å². The van der Waals surface area contributed by atoms with E-state index >= 15 is 8.78 Å². The number of anilines is 1. The number of ether oxygens (including phenoxy) is 1. The minimum absolute atomic E-state index is 0.0659. The predicted molar refractivity (Wildman–Crippen MR) is 178 cm³/mol. The summed E-state index contributed by atoms with van der Waals surface area (Å²) in [6.07, 6.45) is 1.02. The number of benzene rings is 3. The molecule has 6 nitrogen and oxygen atoms in total. The zero-order valence-corrected chi connectivity index (χ0v) is 28.2. The number of hydrogen-bond acceptors (Lipinski definition) is 5. The first-order valence-corrected chi connectivity index (χ1v) is 16.1. The molecule has 1 saturated heterocycles. The van der Waals surface area contributed by atoms with Gasteiger partial charge in [-0.1, -0.05) is 88.2 Å². The first-order valence-electron chi connectivity index (χ1n) is 15.4. The SMILES string of the molecule is CC(C)CC(C(=O)O)c1ccc(NCOC[C@@H]2N[C@@H](CC(C)(C)C)[C@](C#N)(c3ccc(Cl)cc3F)[C@H]2c2cccc(Cl)c2F)cc1. The predicted octanol–water partition coefficient (Wildman–Crippen LogP) is 8.89. The molecule has 10 heteroatoms. The van der Waals surface area contributed by atoms with Gasteiger partial charge in [-0.05, 0) is 65.6 Å². The van der Waals surface area contributed by atoms with Crippen molar-refractivity contribution in [3.8, 4) is 6.07 Å². The molecule has 1 fully saturated rings. The lowest BCUT2D eigenvalue weighted by molar-refractivity contribution is -0.139. The largest absolute Gasteiger partial charge is 0.481 e. The Labute approximate surface area is 280 Å². The van der Waals surface area contributed by atoms with Crippen LogP contribution in [0.5, 0.6) is 0 Å². The molecule has 5 atom stereocenters. The van der Waals surface area contributed by atoms with E-state index in [1.54, 1.807) is 42.5 Å². The summed E-state index contributed by atoms with van der Waals surface area (Å²) in [7, 11) is 0. The molecule has 0 radical (unpaired) electrons. The van der Waals surface area contributed by atoms with Gasteiger partial charge in [-0.15, -0.1) is 0 Å². The van der Waals surface area contributed by atoms with Crippen molar-refractivity contribution in [3.05, 3.63) is 99.0 Å². The smallest absolute Gasteiger partial charge is 0.310 e. The van der Waals surface area contributed by atoms with Crippen molar-refractivity contribution in [1.29, 1.82) is 5.26 Å². The summed E-state index contributed by atoms with van der Waals surface area (Å²) in [6, 6.07) is 17.3. The highest BCUT2D eigenvalue weighted by molar-refractivity contribution is 6.31. The molecule has 46 heavy (non-hydrogen) atoms. The first-order chi connectivity index (χ1) is 21.7. The average Bonchev–Trinajstić information content (AvgIpc) is 3.27. The fraction of sp³-hybridized carbons (Fsp3) is 0.444. The lowest BCUT2D eigenvalue weighted by Gasteiger charge is -2.37. The number of hydrogen-bond donors (Lipinski definition) is 3. The quantitative estimate of drug-likeness (QED) is 0.131. The minimum Gasteiger partial charge on any atom is -0.481 e. The van der Waals surface area contributed by atoms with Crippen molar-refractivity contribution >= 4 is 34.9 Å². The van der Waals surface area contributed by atoms with Crippen molar-refractivity contribution in [2.45, 2.75) is 76.8 Å². The van der Waals surface area contributed by atoms with Gasteiger partial charge >= 0.3 is 5.97 Å². The zero-order valence-electron chi connectivity index (χ0n) is 26.7. The molecule has 1 aliphatic rings. The van der Waals surface area contributed by atoms with E-state index < -0.39 is 46.9 Å². The van der Waals surface area contributed by atoms with Crippen LogP contribution in [0, 0.1) is 34.3 Å². The Hall–Kier alpha value is -3.22. The number of rotatable bonds is 12. The highest BCUT2D eigenvalue weighted by atomic mass is 35.5. The van der Waals surface area contributed by atoms with Gasteiger partial charge in [0.25, 0.3) is 0 Å². The van der Waals surface area contributed by atoms with Gasteiger partial charge < -0.3 is 20.5 Å². The van der Waals surface area contributed by atoms with Gasteiger partial charge in [-0.2, -0.15) is 5.26 Å². The van der Waals surface area contributed by atoms with Gasteiger partial charge in [0.2, 0.25) is 0 Å². The highest BCUT2D eigenvalue weighted by Crippen LogP contribution is 2.52.